The average Bonchev–Trinajstić information content (AvgIpc) is 3.07. The fraction of sp³-hybridized carbons (Fsp3) is 0.0833. The first-order chi connectivity index (χ1) is 15.9. The lowest BCUT2D eigenvalue weighted by molar-refractivity contribution is -0.113. The first-order valence-electron chi connectivity index (χ1n) is 9.64. The van der Waals surface area contributed by atoms with Gasteiger partial charge in [-0.1, -0.05) is 41.4 Å². The Labute approximate surface area is 218 Å². The number of carbonyl (C=O) groups excluding carboxylic acids is 2. The number of rotatable bonds is 6. The van der Waals surface area contributed by atoms with E-state index in [2.05, 4.69) is 22.6 Å². The van der Waals surface area contributed by atoms with E-state index >= 15 is 0 Å². The van der Waals surface area contributed by atoms with Crippen LogP contribution in [0.25, 0.3) is 6.08 Å². The number of imide groups is 1. The molecule has 33 heavy (non-hydrogen) atoms. The molecule has 1 fully saturated rings. The molecule has 3 aromatic rings. The lowest BCUT2D eigenvalue weighted by atomic mass is 10.1. The zero-order valence-corrected chi connectivity index (χ0v) is 21.7. The smallest absolute Gasteiger partial charge is 0.298 e. The molecule has 0 atom stereocenters. The Morgan fingerprint density at radius 3 is 2.48 bits per heavy atom. The minimum Gasteiger partial charge on any atom is -0.493 e. The molecular formula is C24H16Cl2INO4S. The van der Waals surface area contributed by atoms with Crippen molar-refractivity contribution < 1.29 is 19.1 Å². The van der Waals surface area contributed by atoms with Gasteiger partial charge < -0.3 is 9.47 Å². The first-order valence-corrected chi connectivity index (χ1v) is 12.3. The Morgan fingerprint density at radius 1 is 1.06 bits per heavy atom. The molecule has 1 heterocycles. The monoisotopic (exact) mass is 611 g/mol. The van der Waals surface area contributed by atoms with E-state index in [0.29, 0.717) is 37.7 Å². The molecule has 0 N–H and O–H groups in total. The zero-order valence-electron chi connectivity index (χ0n) is 17.2. The third kappa shape index (κ3) is 5.32. The van der Waals surface area contributed by atoms with Gasteiger partial charge in [0, 0.05) is 15.6 Å². The summed E-state index contributed by atoms with van der Waals surface area (Å²) in [6.45, 7) is 0.283. The predicted octanol–water partition coefficient (Wildman–Crippen LogP) is 7.43. The number of methoxy groups -OCH3 is 1. The summed E-state index contributed by atoms with van der Waals surface area (Å²) in [5.41, 5.74) is 2.04. The van der Waals surface area contributed by atoms with Gasteiger partial charge in [0.25, 0.3) is 11.1 Å². The third-order valence-corrected chi connectivity index (χ3v) is 7.05. The van der Waals surface area contributed by atoms with E-state index in [4.69, 9.17) is 32.7 Å². The maximum Gasteiger partial charge on any atom is 0.298 e. The van der Waals surface area contributed by atoms with Gasteiger partial charge in [0.15, 0.2) is 11.5 Å². The van der Waals surface area contributed by atoms with Gasteiger partial charge in [-0.25, -0.2) is 4.90 Å². The van der Waals surface area contributed by atoms with E-state index in [9.17, 15) is 9.59 Å². The number of halogens is 3. The minimum absolute atomic E-state index is 0.283. The second-order valence-electron chi connectivity index (χ2n) is 6.91. The van der Waals surface area contributed by atoms with Crippen LogP contribution in [0.3, 0.4) is 0 Å². The SMILES string of the molecule is COc1cc(/C=C2/SC(=O)N(c3ccc(Cl)cc3)C2=O)cc(I)c1OCc1ccccc1Cl. The zero-order chi connectivity index (χ0) is 23.5. The molecule has 0 radical (unpaired) electrons. The first kappa shape index (κ1) is 23.9. The van der Waals surface area contributed by atoms with Gasteiger partial charge in [-0.15, -0.1) is 0 Å². The summed E-state index contributed by atoms with van der Waals surface area (Å²) in [7, 11) is 1.55. The molecule has 1 aliphatic heterocycles. The van der Waals surface area contributed by atoms with Crippen molar-refractivity contribution in [2.24, 2.45) is 0 Å². The number of anilines is 1. The second kappa shape index (κ2) is 10.4. The number of carbonyl (C=O) groups is 2. The van der Waals surface area contributed by atoms with Crippen LogP contribution in [0.4, 0.5) is 10.5 Å². The number of hydrogen-bond acceptors (Lipinski definition) is 5. The fourth-order valence-electron chi connectivity index (χ4n) is 3.16. The Morgan fingerprint density at radius 2 is 1.79 bits per heavy atom. The molecule has 2 amide bonds. The van der Waals surface area contributed by atoms with Crippen molar-refractivity contribution in [3.63, 3.8) is 0 Å². The fourth-order valence-corrected chi connectivity index (χ4v) is 5.10. The van der Waals surface area contributed by atoms with E-state index < -0.39 is 0 Å². The van der Waals surface area contributed by atoms with Gasteiger partial charge in [0.2, 0.25) is 0 Å². The van der Waals surface area contributed by atoms with Crippen LogP contribution < -0.4 is 14.4 Å². The molecule has 5 nitrogen and oxygen atoms in total. The molecule has 0 aliphatic carbocycles. The molecule has 0 unspecified atom stereocenters. The average molecular weight is 612 g/mol. The van der Waals surface area contributed by atoms with Gasteiger partial charge in [0.05, 0.1) is 21.3 Å². The Hall–Kier alpha value is -2.20. The molecule has 0 aromatic heterocycles. The highest BCUT2D eigenvalue weighted by molar-refractivity contribution is 14.1. The van der Waals surface area contributed by atoms with Crippen molar-refractivity contribution in [3.05, 3.63) is 90.3 Å². The van der Waals surface area contributed by atoms with Crippen molar-refractivity contribution >= 4 is 80.5 Å². The van der Waals surface area contributed by atoms with Crippen molar-refractivity contribution in [3.8, 4) is 11.5 Å². The molecule has 0 spiro atoms. The molecule has 9 heteroatoms. The maximum atomic E-state index is 12.9. The predicted molar refractivity (Wildman–Crippen MR) is 141 cm³/mol. The van der Waals surface area contributed by atoms with Crippen LogP contribution >= 0.6 is 57.6 Å². The molecule has 1 aliphatic rings. The number of hydrogen-bond donors (Lipinski definition) is 0. The minimum atomic E-state index is -0.389. The maximum absolute atomic E-state index is 12.9. The van der Waals surface area contributed by atoms with E-state index in [1.54, 1.807) is 43.5 Å². The van der Waals surface area contributed by atoms with E-state index in [1.807, 2.05) is 30.3 Å². The van der Waals surface area contributed by atoms with Crippen molar-refractivity contribution in [1.29, 1.82) is 0 Å². The summed E-state index contributed by atoms with van der Waals surface area (Å²) in [6, 6.07) is 17.6. The quantitative estimate of drug-likeness (QED) is 0.214. The molecular weight excluding hydrogens is 596 g/mol. The van der Waals surface area contributed by atoms with Crippen LogP contribution in [0.15, 0.2) is 65.6 Å². The highest BCUT2D eigenvalue weighted by Gasteiger charge is 2.36. The number of benzene rings is 3. The van der Waals surface area contributed by atoms with Gasteiger partial charge in [-0.2, -0.15) is 0 Å². The summed E-state index contributed by atoms with van der Waals surface area (Å²) in [5.74, 6) is 0.696. The van der Waals surface area contributed by atoms with E-state index in [0.717, 1.165) is 25.8 Å². The van der Waals surface area contributed by atoms with E-state index in [1.165, 1.54) is 0 Å². The van der Waals surface area contributed by atoms with Crippen LogP contribution in [-0.4, -0.2) is 18.3 Å². The van der Waals surface area contributed by atoms with Gasteiger partial charge >= 0.3 is 0 Å². The van der Waals surface area contributed by atoms with Crippen LogP contribution in [0.2, 0.25) is 10.0 Å². The number of nitrogens with zero attached hydrogens (tertiary/aromatic N) is 1. The molecule has 3 aromatic carbocycles. The molecule has 0 bridgehead atoms. The lowest BCUT2D eigenvalue weighted by Crippen LogP contribution is -2.27. The topological polar surface area (TPSA) is 55.8 Å². The van der Waals surface area contributed by atoms with Crippen LogP contribution in [0, 0.1) is 3.57 Å². The Bertz CT molecular complexity index is 1260. The number of ether oxygens (including phenoxy) is 2. The summed E-state index contributed by atoms with van der Waals surface area (Å²) >= 11 is 15.2. The molecule has 4 rings (SSSR count). The van der Waals surface area contributed by atoms with Crippen LogP contribution in [-0.2, 0) is 11.4 Å². The summed E-state index contributed by atoms with van der Waals surface area (Å²) in [6.07, 6.45) is 1.67. The lowest BCUT2D eigenvalue weighted by Gasteiger charge is -2.14. The highest BCUT2D eigenvalue weighted by atomic mass is 127. The summed E-state index contributed by atoms with van der Waals surface area (Å²) < 4.78 is 12.3. The molecule has 1 saturated heterocycles. The van der Waals surface area contributed by atoms with E-state index in [-0.39, 0.29) is 17.8 Å². The van der Waals surface area contributed by atoms with Crippen molar-refractivity contribution in [2.45, 2.75) is 6.61 Å². The molecule has 0 saturated carbocycles. The van der Waals surface area contributed by atoms with Gasteiger partial charge in [0.1, 0.15) is 6.61 Å². The number of thioether (sulfide) groups is 1. The third-order valence-electron chi connectivity index (χ3n) is 4.76. The normalized spacial score (nSPS) is 14.8. The van der Waals surface area contributed by atoms with Crippen molar-refractivity contribution in [2.75, 3.05) is 12.0 Å². The van der Waals surface area contributed by atoms with Crippen molar-refractivity contribution in [1.82, 2.24) is 0 Å². The Kier molecular flexibility index (Phi) is 7.53. The van der Waals surface area contributed by atoms with Gasteiger partial charge in [-0.05, 0) is 88.5 Å². The number of amides is 2. The van der Waals surface area contributed by atoms with Gasteiger partial charge in [-0.3, -0.25) is 9.59 Å². The highest BCUT2D eigenvalue weighted by Crippen LogP contribution is 2.39. The largest absolute Gasteiger partial charge is 0.493 e. The van der Waals surface area contributed by atoms with Crippen LogP contribution in [0.1, 0.15) is 11.1 Å². The summed E-state index contributed by atoms with van der Waals surface area (Å²) in [4.78, 5) is 26.9. The standard InChI is InChI=1S/C24H16Cl2INO4S/c1-31-20-11-14(10-19(27)22(20)32-13-15-4-2-3-5-18(15)26)12-21-23(29)28(24(30)33-21)17-8-6-16(25)7-9-17/h2-12H,13H2,1H3/b21-12+. The Balaban J connectivity index is 1.58. The second-order valence-corrected chi connectivity index (χ2v) is 9.91. The van der Waals surface area contributed by atoms with Crippen LogP contribution in [0.5, 0.6) is 11.5 Å². The summed E-state index contributed by atoms with van der Waals surface area (Å²) in [5, 5.41) is 0.786. The molecule has 168 valence electrons.